The van der Waals surface area contributed by atoms with Crippen molar-refractivity contribution in [2.24, 2.45) is 0 Å². The van der Waals surface area contributed by atoms with Gasteiger partial charge >= 0.3 is 5.97 Å². The molecule has 1 aromatic heterocycles. The summed E-state index contributed by atoms with van der Waals surface area (Å²) in [5.41, 5.74) is 1.35. The zero-order valence-electron chi connectivity index (χ0n) is 14.7. The van der Waals surface area contributed by atoms with E-state index >= 15 is 0 Å². The number of amides is 2. The fourth-order valence-electron chi connectivity index (χ4n) is 2.11. The number of hydrogen-bond donors (Lipinski definition) is 2. The number of carbonyl (C=O) groups excluding carboxylic acids is 3. The maximum absolute atomic E-state index is 12.3. The van der Waals surface area contributed by atoms with Crippen molar-refractivity contribution in [3.05, 3.63) is 40.2 Å². The highest BCUT2D eigenvalue weighted by atomic mass is 32.1. The van der Waals surface area contributed by atoms with Crippen LogP contribution in [0.25, 0.3) is 11.3 Å². The van der Waals surface area contributed by atoms with Crippen LogP contribution < -0.4 is 10.6 Å². The number of nitrogens with one attached hydrogen (secondary N) is 2. The lowest BCUT2D eigenvalue weighted by Crippen LogP contribution is -2.38. The van der Waals surface area contributed by atoms with Crippen LogP contribution in [0.1, 0.15) is 28.0 Å². The minimum absolute atomic E-state index is 0.148. The number of aryl methyl sites for hydroxylation is 1. The lowest BCUT2D eigenvalue weighted by atomic mass is 10.1. The van der Waals surface area contributed by atoms with Gasteiger partial charge in [0.1, 0.15) is 4.88 Å². The molecule has 0 aliphatic heterocycles. The average Bonchev–Trinajstić information content (AvgIpc) is 3.05. The van der Waals surface area contributed by atoms with Gasteiger partial charge in [0.05, 0.1) is 17.2 Å². The molecule has 2 amide bonds. The van der Waals surface area contributed by atoms with Crippen LogP contribution in [0.2, 0.25) is 0 Å². The molecule has 0 bridgehead atoms. The van der Waals surface area contributed by atoms with E-state index in [1.165, 1.54) is 11.3 Å². The zero-order chi connectivity index (χ0) is 18.9. The maximum atomic E-state index is 12.3. The van der Waals surface area contributed by atoms with Crippen molar-refractivity contribution >= 4 is 29.1 Å². The van der Waals surface area contributed by atoms with Gasteiger partial charge < -0.3 is 15.4 Å². The lowest BCUT2D eigenvalue weighted by Gasteiger charge is -2.07. The van der Waals surface area contributed by atoms with Crippen LogP contribution in [-0.2, 0) is 14.3 Å². The summed E-state index contributed by atoms with van der Waals surface area (Å²) in [5.74, 6) is -1.43. The zero-order valence-corrected chi connectivity index (χ0v) is 15.5. The second kappa shape index (κ2) is 9.67. The van der Waals surface area contributed by atoms with Gasteiger partial charge in [-0.05, 0) is 13.3 Å². The summed E-state index contributed by atoms with van der Waals surface area (Å²) in [6.45, 7) is 3.69. The number of benzene rings is 1. The van der Waals surface area contributed by atoms with E-state index in [0.29, 0.717) is 17.1 Å². The van der Waals surface area contributed by atoms with Gasteiger partial charge in [-0.1, -0.05) is 37.3 Å². The standard InChI is InChI=1S/C18H21N3O4S/c1-3-9-19-14(22)10-20-15(23)11-25-18(24)17-16(21-12(2)26-17)13-7-5-4-6-8-13/h4-8H,3,9-11H2,1-2H3,(H,19,22)(H,20,23). The lowest BCUT2D eigenvalue weighted by molar-refractivity contribution is -0.127. The van der Waals surface area contributed by atoms with Crippen LogP contribution in [0.5, 0.6) is 0 Å². The quantitative estimate of drug-likeness (QED) is 0.687. The minimum atomic E-state index is -0.611. The second-order valence-electron chi connectivity index (χ2n) is 5.48. The summed E-state index contributed by atoms with van der Waals surface area (Å²) in [4.78, 5) is 40.2. The minimum Gasteiger partial charge on any atom is -0.451 e. The SMILES string of the molecule is CCCNC(=O)CNC(=O)COC(=O)c1sc(C)nc1-c1ccccc1. The van der Waals surface area contributed by atoms with Crippen molar-refractivity contribution in [3.8, 4) is 11.3 Å². The number of nitrogens with zero attached hydrogens (tertiary/aromatic N) is 1. The molecule has 1 aromatic carbocycles. The molecule has 0 fully saturated rings. The topological polar surface area (TPSA) is 97.4 Å². The molecule has 0 atom stereocenters. The van der Waals surface area contributed by atoms with Gasteiger partial charge in [0.2, 0.25) is 5.91 Å². The number of aromatic nitrogens is 1. The predicted molar refractivity (Wildman–Crippen MR) is 98.9 cm³/mol. The highest BCUT2D eigenvalue weighted by Gasteiger charge is 2.20. The maximum Gasteiger partial charge on any atom is 0.351 e. The van der Waals surface area contributed by atoms with Crippen molar-refractivity contribution in [2.75, 3.05) is 19.7 Å². The molecule has 8 heteroatoms. The first-order chi connectivity index (χ1) is 12.5. The Hall–Kier alpha value is -2.74. The van der Waals surface area contributed by atoms with Crippen LogP contribution in [-0.4, -0.2) is 42.5 Å². The van der Waals surface area contributed by atoms with E-state index < -0.39 is 18.5 Å². The van der Waals surface area contributed by atoms with Gasteiger partial charge in [-0.3, -0.25) is 9.59 Å². The monoisotopic (exact) mass is 375 g/mol. The number of ether oxygens (including phenoxy) is 1. The Balaban J connectivity index is 1.91. The number of esters is 1. The molecular weight excluding hydrogens is 354 g/mol. The number of rotatable bonds is 8. The largest absolute Gasteiger partial charge is 0.451 e. The predicted octanol–water partition coefficient (Wildman–Crippen LogP) is 1.92. The second-order valence-corrected chi connectivity index (χ2v) is 6.68. The number of hydrogen-bond acceptors (Lipinski definition) is 6. The summed E-state index contributed by atoms with van der Waals surface area (Å²) in [5, 5.41) is 5.78. The molecule has 0 spiro atoms. The van der Waals surface area contributed by atoms with Gasteiger partial charge in [0.15, 0.2) is 6.61 Å². The summed E-state index contributed by atoms with van der Waals surface area (Å²) in [7, 11) is 0. The first kappa shape index (κ1) is 19.6. The molecule has 2 N–H and O–H groups in total. The highest BCUT2D eigenvalue weighted by molar-refractivity contribution is 7.14. The van der Waals surface area contributed by atoms with Crippen molar-refractivity contribution in [2.45, 2.75) is 20.3 Å². The van der Waals surface area contributed by atoms with E-state index in [0.717, 1.165) is 17.0 Å². The van der Waals surface area contributed by atoms with Crippen molar-refractivity contribution in [1.82, 2.24) is 15.6 Å². The Kier molecular flexibility index (Phi) is 7.28. The van der Waals surface area contributed by atoms with Crippen LogP contribution in [0.15, 0.2) is 30.3 Å². The van der Waals surface area contributed by atoms with Gasteiger partial charge in [-0.25, -0.2) is 9.78 Å². The van der Waals surface area contributed by atoms with E-state index in [-0.39, 0.29) is 12.5 Å². The molecule has 2 aromatic rings. The van der Waals surface area contributed by atoms with E-state index in [4.69, 9.17) is 4.74 Å². The molecule has 0 radical (unpaired) electrons. The molecule has 0 unspecified atom stereocenters. The molecular formula is C18H21N3O4S. The third-order valence-corrected chi connectivity index (χ3v) is 4.27. The Morgan fingerprint density at radius 1 is 1.12 bits per heavy atom. The van der Waals surface area contributed by atoms with Gasteiger partial charge in [-0.2, -0.15) is 0 Å². The average molecular weight is 375 g/mol. The Morgan fingerprint density at radius 2 is 1.85 bits per heavy atom. The molecule has 7 nitrogen and oxygen atoms in total. The smallest absolute Gasteiger partial charge is 0.351 e. The fourth-order valence-corrected chi connectivity index (χ4v) is 2.95. The van der Waals surface area contributed by atoms with Crippen LogP contribution in [0.4, 0.5) is 0 Å². The van der Waals surface area contributed by atoms with Crippen LogP contribution >= 0.6 is 11.3 Å². The van der Waals surface area contributed by atoms with Crippen LogP contribution in [0, 0.1) is 6.92 Å². The molecule has 0 saturated carbocycles. The van der Waals surface area contributed by atoms with Crippen molar-refractivity contribution in [3.63, 3.8) is 0 Å². The van der Waals surface area contributed by atoms with Gasteiger partial charge in [-0.15, -0.1) is 11.3 Å². The normalized spacial score (nSPS) is 10.2. The fraction of sp³-hybridized carbons (Fsp3) is 0.333. The Bertz CT molecular complexity index is 774. The van der Waals surface area contributed by atoms with Gasteiger partial charge in [0, 0.05) is 12.1 Å². The molecule has 1 heterocycles. The molecule has 0 saturated heterocycles. The molecule has 2 rings (SSSR count). The highest BCUT2D eigenvalue weighted by Crippen LogP contribution is 2.28. The third-order valence-electron chi connectivity index (χ3n) is 3.32. The summed E-state index contributed by atoms with van der Waals surface area (Å²) in [6, 6.07) is 9.30. The van der Waals surface area contributed by atoms with E-state index in [9.17, 15) is 14.4 Å². The molecule has 0 aliphatic carbocycles. The summed E-state index contributed by atoms with van der Waals surface area (Å²) >= 11 is 1.21. The Morgan fingerprint density at radius 3 is 2.54 bits per heavy atom. The van der Waals surface area contributed by atoms with Gasteiger partial charge in [0.25, 0.3) is 5.91 Å². The van der Waals surface area contributed by atoms with E-state index in [1.807, 2.05) is 37.3 Å². The van der Waals surface area contributed by atoms with E-state index in [2.05, 4.69) is 15.6 Å². The number of carbonyl (C=O) groups is 3. The summed E-state index contributed by atoms with van der Waals surface area (Å²) < 4.78 is 5.07. The molecule has 138 valence electrons. The molecule has 0 aliphatic rings. The van der Waals surface area contributed by atoms with E-state index in [1.54, 1.807) is 6.92 Å². The van der Waals surface area contributed by atoms with Crippen molar-refractivity contribution < 1.29 is 19.1 Å². The molecule has 26 heavy (non-hydrogen) atoms. The number of thiazole rings is 1. The third kappa shape index (κ3) is 5.66. The first-order valence-corrected chi connectivity index (χ1v) is 9.06. The summed E-state index contributed by atoms with van der Waals surface area (Å²) in [6.07, 6.45) is 0.815. The van der Waals surface area contributed by atoms with Crippen molar-refractivity contribution in [1.29, 1.82) is 0 Å². The Labute approximate surface area is 155 Å². The first-order valence-electron chi connectivity index (χ1n) is 8.24. The van der Waals surface area contributed by atoms with Crippen LogP contribution in [0.3, 0.4) is 0 Å².